The quantitative estimate of drug-likeness (QED) is 0.398. The summed E-state index contributed by atoms with van der Waals surface area (Å²) in [6, 6.07) is 4.21. The molecule has 2 amide bonds. The van der Waals surface area contributed by atoms with E-state index >= 15 is 0 Å². The van der Waals surface area contributed by atoms with Crippen LogP contribution in [0.25, 0.3) is 11.6 Å². The number of ether oxygens (including phenoxy) is 1. The number of anilines is 2. The molecule has 0 atom stereocenters. The largest absolute Gasteiger partial charge is 0.419 e. The molecule has 14 heteroatoms. The van der Waals surface area contributed by atoms with Crippen LogP contribution in [0.15, 0.2) is 18.2 Å². The number of carbonyl (C=O) groups excluding carboxylic acids is 2. The standard InChI is InChI=1S/C23H26F3N5O5S/c1-13-19(22(33)27-5-6-31-7-9-36-10-8-31)20(23(24,25)26)18(28-13)12-16-15-11-14(30-37(2,34)35)3-4-17(15)29-21(16)32/h3-4,11-12,28,30H,5-10H2,1-2H3,(H,27,33)(H,29,32)/b16-12-. The van der Waals surface area contributed by atoms with Crippen molar-refractivity contribution in [2.75, 3.05) is 55.7 Å². The third kappa shape index (κ3) is 6.14. The zero-order chi connectivity index (χ0) is 27.0. The van der Waals surface area contributed by atoms with Crippen LogP contribution in [0, 0.1) is 6.92 Å². The summed E-state index contributed by atoms with van der Waals surface area (Å²) < 4.78 is 73.2. The van der Waals surface area contributed by atoms with Gasteiger partial charge in [-0.25, -0.2) is 8.42 Å². The van der Waals surface area contributed by atoms with Gasteiger partial charge >= 0.3 is 6.18 Å². The number of nitrogens with zero attached hydrogens (tertiary/aromatic N) is 1. The molecule has 10 nitrogen and oxygen atoms in total. The maximum atomic E-state index is 14.2. The monoisotopic (exact) mass is 541 g/mol. The predicted octanol–water partition coefficient (Wildman–Crippen LogP) is 2.27. The summed E-state index contributed by atoms with van der Waals surface area (Å²) in [6.45, 7) is 4.45. The van der Waals surface area contributed by atoms with Crippen molar-refractivity contribution in [3.05, 3.63) is 46.3 Å². The summed E-state index contributed by atoms with van der Waals surface area (Å²) in [6.07, 6.45) is -2.93. The predicted molar refractivity (Wildman–Crippen MR) is 132 cm³/mol. The Morgan fingerprint density at radius 3 is 2.59 bits per heavy atom. The van der Waals surface area contributed by atoms with Crippen molar-refractivity contribution in [3.63, 3.8) is 0 Å². The average Bonchev–Trinajstić information content (AvgIpc) is 3.29. The molecule has 0 saturated carbocycles. The van der Waals surface area contributed by atoms with Gasteiger partial charge in [-0.2, -0.15) is 13.2 Å². The number of carbonyl (C=O) groups is 2. The van der Waals surface area contributed by atoms with E-state index in [4.69, 9.17) is 4.74 Å². The Labute approximate surface area is 211 Å². The van der Waals surface area contributed by atoms with E-state index in [-0.39, 0.29) is 29.1 Å². The van der Waals surface area contributed by atoms with E-state index in [1.54, 1.807) is 0 Å². The molecular formula is C23H26F3N5O5S. The Hall–Kier alpha value is -3.36. The molecule has 200 valence electrons. The minimum Gasteiger partial charge on any atom is -0.379 e. The molecule has 3 heterocycles. The summed E-state index contributed by atoms with van der Waals surface area (Å²) in [5.41, 5.74) is -1.64. The molecule has 0 bridgehead atoms. The van der Waals surface area contributed by atoms with E-state index in [0.29, 0.717) is 38.5 Å². The van der Waals surface area contributed by atoms with E-state index in [0.717, 1.165) is 12.3 Å². The first kappa shape index (κ1) is 26.7. The third-order valence-corrected chi connectivity index (χ3v) is 6.55. The number of rotatable bonds is 7. The normalized spacial score (nSPS) is 17.5. The number of sulfonamides is 1. The fraction of sp³-hybridized carbons (Fsp3) is 0.391. The van der Waals surface area contributed by atoms with Crippen LogP contribution in [0.1, 0.15) is 32.9 Å². The van der Waals surface area contributed by atoms with Crippen molar-refractivity contribution in [2.24, 2.45) is 0 Å². The lowest BCUT2D eigenvalue weighted by atomic mass is 10.0. The fourth-order valence-corrected chi connectivity index (χ4v) is 4.88. The number of fused-ring (bicyclic) bond motifs is 1. The fourth-order valence-electron chi connectivity index (χ4n) is 4.33. The number of H-pyrrole nitrogens is 1. The van der Waals surface area contributed by atoms with Gasteiger partial charge < -0.3 is 20.4 Å². The second kappa shape index (κ2) is 10.2. The van der Waals surface area contributed by atoms with Crippen molar-refractivity contribution in [1.82, 2.24) is 15.2 Å². The maximum Gasteiger partial charge on any atom is 0.419 e. The average molecular weight is 542 g/mol. The molecule has 1 fully saturated rings. The van der Waals surface area contributed by atoms with E-state index < -0.39 is 44.8 Å². The molecule has 0 spiro atoms. The first-order chi connectivity index (χ1) is 17.3. The molecule has 0 radical (unpaired) electrons. The third-order valence-electron chi connectivity index (χ3n) is 5.94. The zero-order valence-corrected chi connectivity index (χ0v) is 20.9. The van der Waals surface area contributed by atoms with Crippen LogP contribution in [0.3, 0.4) is 0 Å². The number of halogens is 3. The maximum absolute atomic E-state index is 14.2. The van der Waals surface area contributed by atoms with Crippen LogP contribution in [-0.2, 0) is 25.7 Å². The minimum atomic E-state index is -4.90. The first-order valence-electron chi connectivity index (χ1n) is 11.4. The lowest BCUT2D eigenvalue weighted by Crippen LogP contribution is -2.41. The van der Waals surface area contributed by atoms with E-state index in [1.807, 2.05) is 4.90 Å². The number of alkyl halides is 3. The highest BCUT2D eigenvalue weighted by Crippen LogP contribution is 2.40. The topological polar surface area (TPSA) is 133 Å². The van der Waals surface area contributed by atoms with Crippen molar-refractivity contribution < 1.29 is 35.9 Å². The number of aryl methyl sites for hydroxylation is 1. The van der Waals surface area contributed by atoms with Crippen LogP contribution in [-0.4, -0.2) is 75.8 Å². The van der Waals surface area contributed by atoms with E-state index in [1.165, 1.54) is 25.1 Å². The number of amides is 2. The van der Waals surface area contributed by atoms with Crippen molar-refractivity contribution in [1.29, 1.82) is 0 Å². The van der Waals surface area contributed by atoms with Crippen LogP contribution in [0.4, 0.5) is 24.5 Å². The Morgan fingerprint density at radius 1 is 1.24 bits per heavy atom. The van der Waals surface area contributed by atoms with Gasteiger partial charge in [-0.1, -0.05) is 0 Å². The minimum absolute atomic E-state index is 0.00540. The van der Waals surface area contributed by atoms with Crippen LogP contribution in [0.5, 0.6) is 0 Å². The van der Waals surface area contributed by atoms with Gasteiger partial charge in [-0.05, 0) is 31.2 Å². The Kier molecular flexibility index (Phi) is 7.35. The Bertz CT molecular complexity index is 1360. The van der Waals surface area contributed by atoms with E-state index in [2.05, 4.69) is 20.3 Å². The molecule has 0 aliphatic carbocycles. The molecule has 4 N–H and O–H groups in total. The first-order valence-corrected chi connectivity index (χ1v) is 13.3. The molecule has 1 aromatic carbocycles. The van der Waals surface area contributed by atoms with Crippen LogP contribution in [0.2, 0.25) is 0 Å². The van der Waals surface area contributed by atoms with Gasteiger partial charge in [0.25, 0.3) is 11.8 Å². The van der Waals surface area contributed by atoms with Gasteiger partial charge in [0.2, 0.25) is 10.0 Å². The van der Waals surface area contributed by atoms with Gasteiger partial charge in [0.05, 0.1) is 41.9 Å². The van der Waals surface area contributed by atoms with Crippen LogP contribution < -0.4 is 15.4 Å². The highest BCUT2D eigenvalue weighted by molar-refractivity contribution is 7.92. The van der Waals surface area contributed by atoms with Gasteiger partial charge in [-0.3, -0.25) is 19.2 Å². The number of morpholine rings is 1. The molecule has 2 aliphatic rings. The van der Waals surface area contributed by atoms with Gasteiger partial charge in [0, 0.05) is 48.8 Å². The lowest BCUT2D eigenvalue weighted by molar-refractivity contribution is -0.138. The lowest BCUT2D eigenvalue weighted by Gasteiger charge is -2.26. The molecule has 1 aromatic heterocycles. The highest BCUT2D eigenvalue weighted by atomic mass is 32.2. The van der Waals surface area contributed by atoms with Gasteiger partial charge in [-0.15, -0.1) is 0 Å². The van der Waals surface area contributed by atoms with Crippen molar-refractivity contribution in [2.45, 2.75) is 13.1 Å². The SMILES string of the molecule is Cc1[nH]c(/C=C2\C(=O)Nc3ccc(NS(C)(=O)=O)cc32)c(C(F)(F)F)c1C(=O)NCCN1CCOCC1. The molecule has 2 aliphatic heterocycles. The summed E-state index contributed by atoms with van der Waals surface area (Å²) in [7, 11) is -3.62. The summed E-state index contributed by atoms with van der Waals surface area (Å²) in [5, 5.41) is 5.10. The van der Waals surface area contributed by atoms with Crippen LogP contribution >= 0.6 is 0 Å². The van der Waals surface area contributed by atoms with Crippen molar-refractivity contribution in [3.8, 4) is 0 Å². The summed E-state index contributed by atoms with van der Waals surface area (Å²) in [5.74, 6) is -1.54. The molecule has 2 aromatic rings. The number of hydrogen-bond donors (Lipinski definition) is 4. The number of nitrogens with one attached hydrogen (secondary N) is 4. The molecule has 0 unspecified atom stereocenters. The Balaban J connectivity index is 1.66. The Morgan fingerprint density at radius 2 is 1.95 bits per heavy atom. The molecular weight excluding hydrogens is 515 g/mol. The summed E-state index contributed by atoms with van der Waals surface area (Å²) >= 11 is 0. The smallest absolute Gasteiger partial charge is 0.379 e. The summed E-state index contributed by atoms with van der Waals surface area (Å²) in [4.78, 5) is 30.1. The number of benzene rings is 1. The van der Waals surface area contributed by atoms with E-state index in [9.17, 15) is 31.2 Å². The zero-order valence-electron chi connectivity index (χ0n) is 20.1. The number of aromatic nitrogens is 1. The van der Waals surface area contributed by atoms with Gasteiger partial charge in [0.1, 0.15) is 0 Å². The second-order valence-corrected chi connectivity index (χ2v) is 10.5. The highest BCUT2D eigenvalue weighted by Gasteiger charge is 2.41. The van der Waals surface area contributed by atoms with Gasteiger partial charge in [0.15, 0.2) is 0 Å². The van der Waals surface area contributed by atoms with Crippen molar-refractivity contribution >= 4 is 44.9 Å². The number of hydrogen-bond acceptors (Lipinski definition) is 6. The second-order valence-electron chi connectivity index (χ2n) is 8.77. The molecule has 1 saturated heterocycles. The molecule has 37 heavy (non-hydrogen) atoms. The number of aromatic amines is 1. The molecule has 4 rings (SSSR count).